The minimum Gasteiger partial charge on any atom is -0.871 e. The molecule has 0 saturated heterocycles. The molecule has 0 atom stereocenters. The Morgan fingerprint density at radius 1 is 0.871 bits per heavy atom. The molecule has 0 heterocycles. The van der Waals surface area contributed by atoms with E-state index in [1.807, 2.05) is 0 Å². The van der Waals surface area contributed by atoms with Crippen molar-refractivity contribution in [3.05, 3.63) is 72.3 Å². The van der Waals surface area contributed by atoms with Crippen LogP contribution in [0.1, 0.15) is 10.4 Å². The second-order valence-corrected chi connectivity index (χ2v) is 7.89. The number of nitrogens with zero attached hydrogens (tertiary/aromatic N) is 2. The Labute approximate surface area is 187 Å². The number of fused-ring (bicyclic) bond motifs is 2. The number of carboxylic acid groups (broad SMARTS) is 1. The maximum absolute atomic E-state index is 12.4. The van der Waals surface area contributed by atoms with Crippen LogP contribution in [0.25, 0.3) is 21.5 Å². The summed E-state index contributed by atoms with van der Waals surface area (Å²) in [5.74, 6) is -2.08. The van der Waals surface area contributed by atoms with E-state index >= 15 is 0 Å². The van der Waals surface area contributed by atoms with Gasteiger partial charge in [-0.1, -0.05) is 48.2 Å². The quantitative estimate of drug-likeness (QED) is 0.273. The van der Waals surface area contributed by atoms with E-state index in [9.17, 15) is 28.0 Å². The van der Waals surface area contributed by atoms with Crippen LogP contribution in [0.4, 0.5) is 11.4 Å². The summed E-state index contributed by atoms with van der Waals surface area (Å²) in [6, 6.07) is 16.3. The number of hydrogen-bond acceptors (Lipinski definition) is 7. The number of carbonyl (C=O) groups excluding carboxylic acids is 1. The molecular weight excluding hydrogens is 463 g/mol. The molecule has 4 aromatic carbocycles. The molecular formula is C21H12MnN2O6S. The first kappa shape index (κ1) is 22.4. The van der Waals surface area contributed by atoms with Gasteiger partial charge in [-0.15, -0.1) is 0 Å². The van der Waals surface area contributed by atoms with Gasteiger partial charge in [0.2, 0.25) is 0 Å². The number of benzene rings is 4. The van der Waals surface area contributed by atoms with Crippen LogP contribution < -0.4 is 10.2 Å². The van der Waals surface area contributed by atoms with Crippen molar-refractivity contribution in [1.82, 2.24) is 0 Å². The van der Waals surface area contributed by atoms with E-state index in [4.69, 9.17) is 0 Å². The molecule has 0 amide bonds. The zero-order valence-corrected chi connectivity index (χ0v) is 17.5. The summed E-state index contributed by atoms with van der Waals surface area (Å²) >= 11 is 0. The molecule has 10 heteroatoms. The first-order valence-electron chi connectivity index (χ1n) is 8.61. The zero-order valence-electron chi connectivity index (χ0n) is 15.5. The first-order chi connectivity index (χ1) is 14.2. The van der Waals surface area contributed by atoms with Crippen molar-refractivity contribution in [3.8, 4) is 5.75 Å². The van der Waals surface area contributed by atoms with E-state index in [1.54, 1.807) is 48.5 Å². The van der Waals surface area contributed by atoms with Crippen LogP contribution in [-0.4, -0.2) is 18.9 Å². The van der Waals surface area contributed by atoms with Crippen molar-refractivity contribution in [2.24, 2.45) is 10.2 Å². The zero-order chi connectivity index (χ0) is 21.5. The van der Waals surface area contributed by atoms with Gasteiger partial charge in [0.25, 0.3) is 10.1 Å². The van der Waals surface area contributed by atoms with E-state index in [2.05, 4.69) is 10.2 Å². The average Bonchev–Trinajstić information content (AvgIpc) is 2.71. The summed E-state index contributed by atoms with van der Waals surface area (Å²) in [4.78, 5) is 11.1. The summed E-state index contributed by atoms with van der Waals surface area (Å²) in [6.07, 6.45) is 0. The van der Waals surface area contributed by atoms with Crippen molar-refractivity contribution in [2.75, 3.05) is 0 Å². The maximum atomic E-state index is 12.4. The molecule has 0 aliphatic carbocycles. The molecule has 1 radical (unpaired) electrons. The summed E-state index contributed by atoms with van der Waals surface area (Å²) in [5, 5.41) is 33.6. The number of rotatable bonds is 4. The fourth-order valence-electron chi connectivity index (χ4n) is 3.15. The topological polar surface area (TPSA) is 142 Å². The summed E-state index contributed by atoms with van der Waals surface area (Å²) in [6.45, 7) is 0. The minimum absolute atomic E-state index is 0. The maximum Gasteiger partial charge on any atom is 2.00 e. The number of carboxylic acids is 1. The number of aromatic carboxylic acids is 1. The number of carbonyl (C=O) groups is 1. The van der Waals surface area contributed by atoms with Crippen molar-refractivity contribution >= 4 is 49.0 Å². The Morgan fingerprint density at radius 3 is 2.23 bits per heavy atom. The Bertz CT molecular complexity index is 1470. The first-order valence-corrected chi connectivity index (χ1v) is 10.1. The van der Waals surface area contributed by atoms with E-state index in [-0.39, 0.29) is 33.2 Å². The normalized spacial score (nSPS) is 11.6. The van der Waals surface area contributed by atoms with Crippen molar-refractivity contribution in [3.63, 3.8) is 0 Å². The molecule has 0 unspecified atom stereocenters. The molecule has 8 nitrogen and oxygen atoms in total. The molecule has 4 rings (SSSR count). The van der Waals surface area contributed by atoms with Crippen LogP contribution in [0.2, 0.25) is 0 Å². The average molecular weight is 475 g/mol. The summed E-state index contributed by atoms with van der Waals surface area (Å²) < 4.78 is 31.9. The molecule has 4 aromatic rings. The van der Waals surface area contributed by atoms with Crippen molar-refractivity contribution < 1.29 is 45.0 Å². The van der Waals surface area contributed by atoms with Crippen LogP contribution in [0, 0.1) is 0 Å². The fourth-order valence-corrected chi connectivity index (χ4v) is 3.66. The SMILES string of the molecule is O=C([O-])c1cc([O-])c(N=Nc2ccc3ccc(S(=O)(=O)O)cc3c2)c2ccccc12.[Mn+2]. The Morgan fingerprint density at radius 2 is 1.55 bits per heavy atom. The van der Waals surface area contributed by atoms with Crippen LogP contribution in [0.3, 0.4) is 0 Å². The van der Waals surface area contributed by atoms with E-state index in [0.717, 1.165) is 11.5 Å². The predicted octanol–water partition coefficient (Wildman–Crippen LogP) is 3.09. The molecule has 0 spiro atoms. The number of hydrogen-bond donors (Lipinski definition) is 1. The van der Waals surface area contributed by atoms with Gasteiger partial charge in [-0.25, -0.2) is 0 Å². The third kappa shape index (κ3) is 4.42. The molecule has 155 valence electrons. The number of azo groups is 1. The van der Waals surface area contributed by atoms with Gasteiger partial charge in [0.05, 0.1) is 22.2 Å². The molecule has 0 aliphatic rings. The monoisotopic (exact) mass is 475 g/mol. The van der Waals surface area contributed by atoms with Crippen LogP contribution >= 0.6 is 0 Å². The van der Waals surface area contributed by atoms with Gasteiger partial charge in [-0.2, -0.15) is 18.6 Å². The van der Waals surface area contributed by atoms with E-state index < -0.39 is 21.8 Å². The van der Waals surface area contributed by atoms with Gasteiger partial charge in [0, 0.05) is 10.9 Å². The van der Waals surface area contributed by atoms with Crippen LogP contribution in [-0.2, 0) is 27.2 Å². The van der Waals surface area contributed by atoms with Gasteiger partial charge < -0.3 is 15.0 Å². The van der Waals surface area contributed by atoms with Crippen molar-refractivity contribution in [2.45, 2.75) is 4.90 Å². The molecule has 0 saturated carbocycles. The molecule has 1 N–H and O–H groups in total. The van der Waals surface area contributed by atoms with Crippen molar-refractivity contribution in [1.29, 1.82) is 0 Å². The molecule has 0 bridgehead atoms. The third-order valence-electron chi connectivity index (χ3n) is 4.56. The minimum atomic E-state index is -4.35. The van der Waals surface area contributed by atoms with Crippen LogP contribution in [0.5, 0.6) is 5.75 Å². The van der Waals surface area contributed by atoms with Gasteiger partial charge >= 0.3 is 17.1 Å². The second-order valence-electron chi connectivity index (χ2n) is 6.47. The smallest absolute Gasteiger partial charge is 0.871 e. The van der Waals surface area contributed by atoms with Gasteiger partial charge in [-0.3, -0.25) is 4.55 Å². The second kappa shape index (κ2) is 8.44. The van der Waals surface area contributed by atoms with Crippen LogP contribution in [0.15, 0.2) is 81.9 Å². The summed E-state index contributed by atoms with van der Waals surface area (Å²) in [7, 11) is -4.35. The molecule has 0 fully saturated rings. The molecule has 0 aromatic heterocycles. The third-order valence-corrected chi connectivity index (χ3v) is 5.41. The fraction of sp³-hybridized carbons (Fsp3) is 0. The standard InChI is InChI=1S/C21H14N2O6S.Mn/c24-19-11-18(21(25)26)16-3-1-2-4-17(16)20(19)23-22-14-7-5-12-6-8-15(30(27,28)29)10-13(12)9-14;/h1-11,24H,(H,25,26)(H,27,28,29);/q;+2/p-2. The Kier molecular flexibility index (Phi) is 6.10. The molecule has 31 heavy (non-hydrogen) atoms. The van der Waals surface area contributed by atoms with E-state index in [0.29, 0.717) is 21.8 Å². The van der Waals surface area contributed by atoms with E-state index in [1.165, 1.54) is 12.1 Å². The van der Waals surface area contributed by atoms with Gasteiger partial charge in [-0.05, 0) is 40.4 Å². The predicted molar refractivity (Wildman–Crippen MR) is 106 cm³/mol. The Hall–Kier alpha value is -3.30. The largest absolute Gasteiger partial charge is 2.00 e. The van der Waals surface area contributed by atoms with Gasteiger partial charge in [0.15, 0.2) is 0 Å². The molecule has 0 aliphatic heterocycles. The Balaban J connectivity index is 0.00000272. The summed E-state index contributed by atoms with van der Waals surface area (Å²) in [5.41, 5.74) is 0.0860. The van der Waals surface area contributed by atoms with Gasteiger partial charge in [0.1, 0.15) is 0 Å².